The number of esters is 3. The van der Waals surface area contributed by atoms with Crippen molar-refractivity contribution < 1.29 is 28.6 Å². The van der Waals surface area contributed by atoms with Crippen molar-refractivity contribution in [1.29, 1.82) is 0 Å². The van der Waals surface area contributed by atoms with Crippen molar-refractivity contribution in [3.05, 3.63) is 97.2 Å². The first-order valence-electron chi connectivity index (χ1n) is 34.2. The Bertz CT molecular complexity index is 1560. The van der Waals surface area contributed by atoms with E-state index >= 15 is 0 Å². The van der Waals surface area contributed by atoms with E-state index in [1.807, 2.05) is 0 Å². The van der Waals surface area contributed by atoms with Crippen LogP contribution in [0.25, 0.3) is 0 Å². The number of allylic oxidation sites excluding steroid dienone is 16. The largest absolute Gasteiger partial charge is 0.462 e. The summed E-state index contributed by atoms with van der Waals surface area (Å²) in [6, 6.07) is 0. The highest BCUT2D eigenvalue weighted by Gasteiger charge is 2.19. The first kappa shape index (κ1) is 76.3. The summed E-state index contributed by atoms with van der Waals surface area (Å²) in [7, 11) is 0. The van der Waals surface area contributed by atoms with Gasteiger partial charge in [-0.15, -0.1) is 0 Å². The Morgan fingerprint density at radius 1 is 0.263 bits per heavy atom. The van der Waals surface area contributed by atoms with Gasteiger partial charge in [0.15, 0.2) is 6.10 Å². The molecule has 0 N–H and O–H groups in total. The number of carbonyl (C=O) groups is 3. The molecule has 0 aromatic carbocycles. The van der Waals surface area contributed by atoms with Crippen molar-refractivity contribution >= 4 is 17.9 Å². The third-order valence-electron chi connectivity index (χ3n) is 14.8. The zero-order chi connectivity index (χ0) is 57.8. The highest BCUT2D eigenvalue weighted by molar-refractivity contribution is 5.71. The average Bonchev–Trinajstić information content (AvgIpc) is 3.46. The topological polar surface area (TPSA) is 78.9 Å². The first-order chi connectivity index (χ1) is 39.5. The van der Waals surface area contributed by atoms with Gasteiger partial charge >= 0.3 is 17.9 Å². The lowest BCUT2D eigenvalue weighted by Crippen LogP contribution is -2.30. The monoisotopic (exact) mass is 1110 g/mol. The molecule has 1 unspecified atom stereocenters. The molecule has 0 rings (SSSR count). The van der Waals surface area contributed by atoms with Crippen LogP contribution in [0.2, 0.25) is 0 Å². The van der Waals surface area contributed by atoms with E-state index in [2.05, 4.69) is 118 Å². The van der Waals surface area contributed by atoms with Crippen LogP contribution in [-0.2, 0) is 28.6 Å². The van der Waals surface area contributed by atoms with Crippen LogP contribution in [0.1, 0.15) is 335 Å². The fourth-order valence-electron chi connectivity index (χ4n) is 9.71. The van der Waals surface area contributed by atoms with Gasteiger partial charge in [0.25, 0.3) is 0 Å². The van der Waals surface area contributed by atoms with Gasteiger partial charge in [-0.25, -0.2) is 0 Å². The number of carbonyl (C=O) groups excluding carboxylic acids is 3. The summed E-state index contributed by atoms with van der Waals surface area (Å²) in [5.41, 5.74) is 0. The predicted molar refractivity (Wildman–Crippen MR) is 348 cm³/mol. The normalized spacial score (nSPS) is 12.7. The minimum Gasteiger partial charge on any atom is -0.462 e. The van der Waals surface area contributed by atoms with Gasteiger partial charge in [0, 0.05) is 19.3 Å². The lowest BCUT2D eigenvalue weighted by molar-refractivity contribution is -0.167. The van der Waals surface area contributed by atoms with Gasteiger partial charge in [0.05, 0.1) is 0 Å². The molecule has 0 spiro atoms. The highest BCUT2D eigenvalue weighted by Crippen LogP contribution is 2.17. The number of unbranched alkanes of at least 4 members (excludes halogenated alkanes) is 35. The molecule has 80 heavy (non-hydrogen) atoms. The molecule has 0 amide bonds. The van der Waals surface area contributed by atoms with Crippen LogP contribution in [0, 0.1) is 0 Å². The molecule has 6 heteroatoms. The molecule has 0 aromatic heterocycles. The molecule has 0 heterocycles. The Labute approximate surface area is 496 Å². The van der Waals surface area contributed by atoms with E-state index in [1.54, 1.807) is 0 Å². The molecule has 0 radical (unpaired) electrons. The van der Waals surface area contributed by atoms with Crippen molar-refractivity contribution in [1.82, 2.24) is 0 Å². The third kappa shape index (κ3) is 65.1. The predicted octanol–water partition coefficient (Wildman–Crippen LogP) is 23.6. The van der Waals surface area contributed by atoms with Crippen molar-refractivity contribution in [2.45, 2.75) is 341 Å². The van der Waals surface area contributed by atoms with E-state index in [0.717, 1.165) is 116 Å². The lowest BCUT2D eigenvalue weighted by Gasteiger charge is -2.18. The van der Waals surface area contributed by atoms with Crippen LogP contribution in [0.5, 0.6) is 0 Å². The number of hydrogen-bond acceptors (Lipinski definition) is 6. The molecule has 0 saturated heterocycles. The molecular weight excluding hydrogens is 985 g/mol. The molecule has 0 aliphatic carbocycles. The van der Waals surface area contributed by atoms with Crippen LogP contribution in [0.15, 0.2) is 97.2 Å². The maximum absolute atomic E-state index is 13.0. The van der Waals surface area contributed by atoms with Crippen LogP contribution in [0.3, 0.4) is 0 Å². The maximum Gasteiger partial charge on any atom is 0.306 e. The minimum atomic E-state index is -0.787. The lowest BCUT2D eigenvalue weighted by atomic mass is 10.0. The van der Waals surface area contributed by atoms with Crippen molar-refractivity contribution in [3.8, 4) is 0 Å². The van der Waals surface area contributed by atoms with E-state index in [-0.39, 0.29) is 31.1 Å². The fourth-order valence-corrected chi connectivity index (χ4v) is 9.71. The second-order valence-corrected chi connectivity index (χ2v) is 22.7. The highest BCUT2D eigenvalue weighted by atomic mass is 16.6. The molecule has 0 saturated carbocycles. The molecule has 1 atom stereocenters. The molecule has 6 nitrogen and oxygen atoms in total. The standard InChI is InChI=1S/C74H128O6/c1-4-7-10-13-16-19-22-25-28-31-33-35-36-37-38-40-41-43-46-49-52-55-58-61-64-67-73(76)79-70-71(69-78-72(75)66-63-60-57-54-51-48-45-30-27-24-21-18-15-12-9-6-3)80-74(77)68-65-62-59-56-53-50-47-44-42-39-34-32-29-26-23-20-17-14-11-8-5-2/h7,10,16,19,23,25-26,28,32-35,37-38,41,43,71H,4-6,8-9,11-15,17-18,20-22,24,27,29-31,36,39-40,42,44-70H2,1-3H3/b10-7-,19-16-,26-23-,28-25-,34-32-,35-33-,38-37-,43-41-. The SMILES string of the molecule is CC/C=C\C/C=C\C/C=C\C/C=C\C/C=C\C/C=C\CCCCCCCCC(=O)OCC(COC(=O)CCCCCCCCCCCCCCCCCC)OC(=O)CCCCCCCCCCC/C=C\C/C=C\CCCCCCC. The fraction of sp³-hybridized carbons (Fsp3) is 0.743. The Balaban J connectivity index is 4.39. The molecule has 0 aromatic rings. The second-order valence-electron chi connectivity index (χ2n) is 22.7. The summed E-state index contributed by atoms with van der Waals surface area (Å²) in [4.78, 5) is 38.4. The molecular formula is C74H128O6. The smallest absolute Gasteiger partial charge is 0.306 e. The minimum absolute atomic E-state index is 0.0811. The van der Waals surface area contributed by atoms with Crippen LogP contribution in [0.4, 0.5) is 0 Å². The first-order valence-corrected chi connectivity index (χ1v) is 34.2. The third-order valence-corrected chi connectivity index (χ3v) is 14.8. The van der Waals surface area contributed by atoms with Gasteiger partial charge in [-0.2, -0.15) is 0 Å². The van der Waals surface area contributed by atoms with Gasteiger partial charge in [0.2, 0.25) is 0 Å². The molecule has 0 bridgehead atoms. The Hall–Kier alpha value is -3.67. The second kappa shape index (κ2) is 67.8. The van der Waals surface area contributed by atoms with E-state index < -0.39 is 6.10 Å². The van der Waals surface area contributed by atoms with Gasteiger partial charge in [-0.3, -0.25) is 14.4 Å². The Kier molecular flexibility index (Phi) is 64.7. The molecule has 0 aliphatic heterocycles. The van der Waals surface area contributed by atoms with Crippen molar-refractivity contribution in [2.75, 3.05) is 13.2 Å². The van der Waals surface area contributed by atoms with Crippen molar-refractivity contribution in [3.63, 3.8) is 0 Å². The summed E-state index contributed by atoms with van der Waals surface area (Å²) in [5.74, 6) is -0.885. The van der Waals surface area contributed by atoms with E-state index in [4.69, 9.17) is 14.2 Å². The summed E-state index contributed by atoms with van der Waals surface area (Å²) >= 11 is 0. The zero-order valence-electron chi connectivity index (χ0n) is 52.8. The van der Waals surface area contributed by atoms with Crippen LogP contribution in [-0.4, -0.2) is 37.2 Å². The number of hydrogen-bond donors (Lipinski definition) is 0. The number of rotatable bonds is 62. The van der Waals surface area contributed by atoms with Crippen molar-refractivity contribution in [2.24, 2.45) is 0 Å². The van der Waals surface area contributed by atoms with Crippen LogP contribution >= 0.6 is 0 Å². The number of ether oxygens (including phenoxy) is 3. The average molecular weight is 1110 g/mol. The van der Waals surface area contributed by atoms with Gasteiger partial charge in [0.1, 0.15) is 13.2 Å². The van der Waals surface area contributed by atoms with E-state index in [9.17, 15) is 14.4 Å². The summed E-state index contributed by atoms with van der Waals surface area (Å²) < 4.78 is 17.0. The van der Waals surface area contributed by atoms with Gasteiger partial charge < -0.3 is 14.2 Å². The molecule has 0 aliphatic rings. The quantitative estimate of drug-likeness (QED) is 0.0261. The summed E-state index contributed by atoms with van der Waals surface area (Å²) in [6.45, 7) is 6.54. The Morgan fingerprint density at radius 3 is 0.762 bits per heavy atom. The maximum atomic E-state index is 13.0. The Morgan fingerprint density at radius 2 is 0.487 bits per heavy atom. The van der Waals surface area contributed by atoms with Crippen LogP contribution < -0.4 is 0 Å². The summed E-state index contributed by atoms with van der Waals surface area (Å²) in [6.07, 6.45) is 91.3. The van der Waals surface area contributed by atoms with E-state index in [0.29, 0.717) is 19.3 Å². The zero-order valence-corrected chi connectivity index (χ0v) is 52.8. The van der Waals surface area contributed by atoms with Gasteiger partial charge in [-0.05, 0) is 103 Å². The molecule has 0 fully saturated rings. The van der Waals surface area contributed by atoms with Gasteiger partial charge in [-0.1, -0.05) is 311 Å². The molecule has 460 valence electrons. The summed E-state index contributed by atoms with van der Waals surface area (Å²) in [5, 5.41) is 0. The van der Waals surface area contributed by atoms with E-state index in [1.165, 1.54) is 180 Å².